The van der Waals surface area contributed by atoms with E-state index >= 15 is 0 Å². The molecule has 1 unspecified atom stereocenters. The van der Waals surface area contributed by atoms with Crippen LogP contribution in [0.15, 0.2) is 23.5 Å². The smallest absolute Gasteiger partial charge is 0.225 e. The summed E-state index contributed by atoms with van der Waals surface area (Å²) in [5, 5.41) is 10.5. The van der Waals surface area contributed by atoms with Crippen LogP contribution in [0.25, 0.3) is 0 Å². The summed E-state index contributed by atoms with van der Waals surface area (Å²) in [6.45, 7) is 5.12. The van der Waals surface area contributed by atoms with Crippen LogP contribution in [0.4, 0.5) is 5.95 Å². The molecule has 1 atom stereocenters. The van der Waals surface area contributed by atoms with E-state index in [0.717, 1.165) is 45.1 Å². The van der Waals surface area contributed by atoms with Gasteiger partial charge in [0.15, 0.2) is 5.96 Å². The van der Waals surface area contributed by atoms with Gasteiger partial charge in [-0.25, -0.2) is 9.97 Å². The number of rotatable bonds is 3. The van der Waals surface area contributed by atoms with Crippen LogP contribution in [0.5, 0.6) is 0 Å². The number of hydrogen-bond donors (Lipinski definition) is 2. The van der Waals surface area contributed by atoms with Crippen LogP contribution >= 0.6 is 0 Å². The normalized spacial score (nSPS) is 26.8. The van der Waals surface area contributed by atoms with E-state index in [4.69, 9.17) is 5.73 Å². The number of nitrogens with zero attached hydrogens (tertiary/aromatic N) is 6. The Balaban J connectivity index is 1.52. The van der Waals surface area contributed by atoms with Crippen molar-refractivity contribution in [2.24, 2.45) is 10.7 Å². The van der Waals surface area contributed by atoms with Crippen molar-refractivity contribution in [3.63, 3.8) is 0 Å². The predicted octanol–water partition coefficient (Wildman–Crippen LogP) is -1.02. The van der Waals surface area contributed by atoms with Crippen molar-refractivity contribution in [1.29, 1.82) is 0 Å². The molecule has 0 amide bonds. The van der Waals surface area contributed by atoms with Crippen molar-refractivity contribution >= 4 is 11.9 Å². The zero-order valence-electron chi connectivity index (χ0n) is 13.6. The van der Waals surface area contributed by atoms with E-state index in [1.807, 2.05) is 13.1 Å². The minimum Gasteiger partial charge on any atom is -0.387 e. The molecule has 2 aliphatic heterocycles. The molecule has 0 aromatic carbocycles. The molecule has 2 aliphatic rings. The minimum atomic E-state index is -0.737. The number of hydrogen-bond acceptors (Lipinski definition) is 6. The van der Waals surface area contributed by atoms with Gasteiger partial charge in [0.2, 0.25) is 5.95 Å². The highest BCUT2D eigenvalue weighted by molar-refractivity contribution is 5.78. The average Bonchev–Trinajstić information content (AvgIpc) is 2.93. The predicted molar refractivity (Wildman–Crippen MR) is 89.4 cm³/mol. The highest BCUT2D eigenvalue weighted by Crippen LogP contribution is 2.20. The molecule has 3 rings (SSSR count). The molecule has 3 heterocycles. The van der Waals surface area contributed by atoms with Gasteiger partial charge < -0.3 is 25.5 Å². The molecular weight excluding hydrogens is 294 g/mol. The molecule has 8 heteroatoms. The van der Waals surface area contributed by atoms with Gasteiger partial charge >= 0.3 is 0 Å². The van der Waals surface area contributed by atoms with Crippen LogP contribution in [0.3, 0.4) is 0 Å². The molecule has 126 valence electrons. The number of aromatic nitrogens is 2. The Morgan fingerprint density at radius 3 is 2.57 bits per heavy atom. The summed E-state index contributed by atoms with van der Waals surface area (Å²) in [7, 11) is 2.01. The zero-order valence-corrected chi connectivity index (χ0v) is 13.6. The summed E-state index contributed by atoms with van der Waals surface area (Å²) in [4.78, 5) is 19.3. The first-order chi connectivity index (χ1) is 11.1. The van der Waals surface area contributed by atoms with Gasteiger partial charge in [-0.15, -0.1) is 0 Å². The molecule has 23 heavy (non-hydrogen) atoms. The van der Waals surface area contributed by atoms with Gasteiger partial charge in [-0.3, -0.25) is 4.99 Å². The number of likely N-dealkylation sites (N-methyl/N-ethyl adjacent to an activating group) is 1. The molecule has 2 saturated heterocycles. The van der Waals surface area contributed by atoms with Gasteiger partial charge in [0.25, 0.3) is 0 Å². The first kappa shape index (κ1) is 15.9. The minimum absolute atomic E-state index is 0.366. The van der Waals surface area contributed by atoms with Crippen molar-refractivity contribution in [2.75, 3.05) is 57.8 Å². The van der Waals surface area contributed by atoms with E-state index in [9.17, 15) is 5.11 Å². The van der Waals surface area contributed by atoms with Crippen LogP contribution in [0, 0.1) is 0 Å². The van der Waals surface area contributed by atoms with Gasteiger partial charge in [0.05, 0.1) is 12.1 Å². The molecule has 0 aliphatic carbocycles. The molecule has 0 saturated carbocycles. The van der Waals surface area contributed by atoms with Crippen LogP contribution in [0.1, 0.15) is 6.42 Å². The Kier molecular flexibility index (Phi) is 4.63. The van der Waals surface area contributed by atoms with E-state index in [1.165, 1.54) is 0 Å². The molecule has 3 N–H and O–H groups in total. The van der Waals surface area contributed by atoms with Crippen molar-refractivity contribution in [3.8, 4) is 0 Å². The van der Waals surface area contributed by atoms with Crippen LogP contribution in [0.2, 0.25) is 0 Å². The Labute approximate surface area is 136 Å². The van der Waals surface area contributed by atoms with Crippen LogP contribution in [-0.4, -0.2) is 89.3 Å². The second kappa shape index (κ2) is 6.67. The number of likely N-dealkylation sites (tertiary alicyclic amines) is 1. The fourth-order valence-corrected chi connectivity index (χ4v) is 3.11. The molecular formula is C15H25N7O. The third-order valence-electron chi connectivity index (χ3n) is 4.50. The second-order valence-corrected chi connectivity index (χ2v) is 6.41. The van der Waals surface area contributed by atoms with Gasteiger partial charge in [-0.05, 0) is 19.5 Å². The Morgan fingerprint density at radius 2 is 1.96 bits per heavy atom. The second-order valence-electron chi connectivity index (χ2n) is 6.41. The van der Waals surface area contributed by atoms with Crippen molar-refractivity contribution in [2.45, 2.75) is 12.0 Å². The molecule has 2 fully saturated rings. The molecule has 0 bridgehead atoms. The fourth-order valence-electron chi connectivity index (χ4n) is 3.11. The maximum atomic E-state index is 10.5. The number of guanidine groups is 1. The summed E-state index contributed by atoms with van der Waals surface area (Å²) in [6, 6.07) is 1.82. The summed E-state index contributed by atoms with van der Waals surface area (Å²) in [5.74, 6) is 1.27. The zero-order chi connectivity index (χ0) is 16.3. The fraction of sp³-hybridized carbons (Fsp3) is 0.667. The lowest BCUT2D eigenvalue weighted by molar-refractivity contribution is 0.0611. The molecule has 0 radical (unpaired) electrons. The highest BCUT2D eigenvalue weighted by Gasteiger charge is 2.34. The number of aliphatic imine (C=N–C) groups is 1. The van der Waals surface area contributed by atoms with Gasteiger partial charge in [-0.1, -0.05) is 0 Å². The lowest BCUT2D eigenvalue weighted by Gasteiger charge is -2.35. The van der Waals surface area contributed by atoms with Gasteiger partial charge in [-0.2, -0.15) is 0 Å². The van der Waals surface area contributed by atoms with Crippen molar-refractivity contribution in [1.82, 2.24) is 19.8 Å². The standard InChI is InChI=1S/C15H25N7O/c1-20-6-3-15(23,12-20)11-19-13(16)21-7-9-22(10-8-21)14-17-4-2-5-18-14/h2,4-5,23H,3,6-12H2,1H3,(H2,16,19). The number of piperazine rings is 1. The van der Waals surface area contributed by atoms with E-state index in [-0.39, 0.29) is 0 Å². The quantitative estimate of drug-likeness (QED) is 0.544. The Morgan fingerprint density at radius 1 is 1.26 bits per heavy atom. The third-order valence-corrected chi connectivity index (χ3v) is 4.50. The average molecular weight is 319 g/mol. The molecule has 1 aromatic rings. The Hall–Kier alpha value is -1.93. The highest BCUT2D eigenvalue weighted by atomic mass is 16.3. The number of anilines is 1. The topological polar surface area (TPSA) is 94.1 Å². The largest absolute Gasteiger partial charge is 0.387 e. The number of aliphatic hydroxyl groups is 1. The lowest BCUT2D eigenvalue weighted by Crippen LogP contribution is -2.52. The lowest BCUT2D eigenvalue weighted by atomic mass is 10.0. The molecule has 8 nitrogen and oxygen atoms in total. The van der Waals surface area contributed by atoms with Crippen molar-refractivity contribution in [3.05, 3.63) is 18.5 Å². The first-order valence-electron chi connectivity index (χ1n) is 8.03. The van der Waals surface area contributed by atoms with Crippen molar-refractivity contribution < 1.29 is 5.11 Å². The van der Waals surface area contributed by atoms with Crippen LogP contribution < -0.4 is 10.6 Å². The van der Waals surface area contributed by atoms with E-state index in [0.29, 0.717) is 19.0 Å². The monoisotopic (exact) mass is 319 g/mol. The summed E-state index contributed by atoms with van der Waals surface area (Å²) in [5.41, 5.74) is 5.37. The number of β-amino-alcohol motifs (C(OH)–C–C–N with tert-alkyl or cyclic N) is 1. The first-order valence-corrected chi connectivity index (χ1v) is 8.03. The van der Waals surface area contributed by atoms with Crippen LogP contribution in [-0.2, 0) is 0 Å². The summed E-state index contributed by atoms with van der Waals surface area (Å²) >= 11 is 0. The van der Waals surface area contributed by atoms with E-state index in [1.54, 1.807) is 12.4 Å². The molecule has 0 spiro atoms. The maximum absolute atomic E-state index is 10.5. The van der Waals surface area contributed by atoms with Gasteiger partial charge in [0, 0.05) is 51.7 Å². The van der Waals surface area contributed by atoms with E-state index in [2.05, 4.69) is 29.7 Å². The van der Waals surface area contributed by atoms with E-state index < -0.39 is 5.60 Å². The summed E-state index contributed by atoms with van der Waals surface area (Å²) < 4.78 is 0. The number of nitrogens with two attached hydrogens (primary N) is 1. The third kappa shape index (κ3) is 3.89. The molecule has 1 aromatic heterocycles. The SMILES string of the molecule is CN1CCC(O)(CN=C(N)N2CCN(c3ncccn3)CC2)C1. The maximum Gasteiger partial charge on any atom is 0.225 e. The van der Waals surface area contributed by atoms with Gasteiger partial charge in [0.1, 0.15) is 0 Å². The summed E-state index contributed by atoms with van der Waals surface area (Å²) in [6.07, 6.45) is 4.26. The Bertz CT molecular complexity index is 544.